The molecule has 5 heteroatoms. The van der Waals surface area contributed by atoms with Gasteiger partial charge in [0.2, 0.25) is 0 Å². The average Bonchev–Trinajstić information content (AvgIpc) is 2.69. The van der Waals surface area contributed by atoms with E-state index in [1.54, 1.807) is 0 Å². The Morgan fingerprint density at radius 2 is 1.54 bits per heavy atom. The number of morpholine rings is 1. The normalized spacial score (nSPS) is 17.3. The van der Waals surface area contributed by atoms with Crippen LogP contribution in [0.3, 0.4) is 0 Å². The zero-order chi connectivity index (χ0) is 18.2. The van der Waals surface area contributed by atoms with Gasteiger partial charge in [0.25, 0.3) is 0 Å². The van der Waals surface area contributed by atoms with Crippen molar-refractivity contribution in [2.45, 2.75) is 19.0 Å². The van der Waals surface area contributed by atoms with Crippen molar-refractivity contribution in [1.29, 1.82) is 0 Å². The number of amides is 2. The molecule has 1 heterocycles. The van der Waals surface area contributed by atoms with Crippen molar-refractivity contribution >= 4 is 6.03 Å². The van der Waals surface area contributed by atoms with E-state index in [0.717, 1.165) is 44.0 Å². The summed E-state index contributed by atoms with van der Waals surface area (Å²) >= 11 is 0. The summed E-state index contributed by atoms with van der Waals surface area (Å²) in [4.78, 5) is 14.9. The molecule has 3 rings (SSSR count). The molecule has 2 N–H and O–H groups in total. The first kappa shape index (κ1) is 18.4. The molecule has 0 radical (unpaired) electrons. The second-order valence-electron chi connectivity index (χ2n) is 6.63. The largest absolute Gasteiger partial charge is 0.379 e. The van der Waals surface area contributed by atoms with Crippen LogP contribution in [0.4, 0.5) is 4.79 Å². The number of carbonyl (C=O) groups excluding carboxylic acids is 1. The van der Waals surface area contributed by atoms with E-state index >= 15 is 0 Å². The zero-order valence-electron chi connectivity index (χ0n) is 15.2. The highest BCUT2D eigenvalue weighted by molar-refractivity contribution is 5.75. The lowest BCUT2D eigenvalue weighted by molar-refractivity contribution is 0.0339. The van der Waals surface area contributed by atoms with E-state index in [-0.39, 0.29) is 18.1 Å². The van der Waals surface area contributed by atoms with Crippen LogP contribution in [0.15, 0.2) is 60.7 Å². The Morgan fingerprint density at radius 1 is 0.962 bits per heavy atom. The molecule has 0 unspecified atom stereocenters. The molecule has 2 aromatic rings. The third kappa shape index (κ3) is 5.31. The van der Waals surface area contributed by atoms with Crippen molar-refractivity contribution in [3.8, 4) is 0 Å². The number of urea groups is 1. The summed E-state index contributed by atoms with van der Waals surface area (Å²) in [6, 6.07) is 19.9. The fourth-order valence-electron chi connectivity index (χ4n) is 3.18. The van der Waals surface area contributed by atoms with Gasteiger partial charge < -0.3 is 15.4 Å². The van der Waals surface area contributed by atoms with E-state index in [1.165, 1.54) is 0 Å². The Hall–Kier alpha value is -2.37. The van der Waals surface area contributed by atoms with E-state index in [2.05, 4.69) is 27.7 Å². The van der Waals surface area contributed by atoms with Gasteiger partial charge in [-0.3, -0.25) is 4.90 Å². The van der Waals surface area contributed by atoms with Crippen molar-refractivity contribution in [1.82, 2.24) is 15.5 Å². The number of nitrogens with zero attached hydrogens (tertiary/aromatic N) is 1. The number of carbonyl (C=O) groups is 1. The number of rotatable bonds is 6. The van der Waals surface area contributed by atoms with Crippen LogP contribution >= 0.6 is 0 Å². The van der Waals surface area contributed by atoms with Gasteiger partial charge in [-0.05, 0) is 18.1 Å². The van der Waals surface area contributed by atoms with Gasteiger partial charge >= 0.3 is 6.03 Å². The number of nitrogens with one attached hydrogen (secondary N) is 2. The number of ether oxygens (including phenoxy) is 1. The standard InChI is InChI=1S/C21H27N3O2/c1-17(18-8-4-2-5-9-18)22-21(25)23-20(19-10-6-3-7-11-19)16-24-12-14-26-15-13-24/h2-11,17,20H,12-16H2,1H3,(H2,22,23,25)/t17-,20+/m1/s1. The van der Waals surface area contributed by atoms with Crippen LogP contribution in [0, 0.1) is 0 Å². The quantitative estimate of drug-likeness (QED) is 0.839. The highest BCUT2D eigenvalue weighted by atomic mass is 16.5. The summed E-state index contributed by atoms with van der Waals surface area (Å²) in [7, 11) is 0. The molecule has 1 saturated heterocycles. The lowest BCUT2D eigenvalue weighted by Gasteiger charge is -2.31. The van der Waals surface area contributed by atoms with Gasteiger partial charge in [-0.2, -0.15) is 0 Å². The lowest BCUT2D eigenvalue weighted by atomic mass is 10.1. The number of benzene rings is 2. The molecule has 2 aromatic carbocycles. The minimum atomic E-state index is -0.150. The highest BCUT2D eigenvalue weighted by Crippen LogP contribution is 2.16. The molecule has 2 amide bonds. The third-order valence-corrected chi connectivity index (χ3v) is 4.70. The van der Waals surface area contributed by atoms with Gasteiger partial charge in [0, 0.05) is 19.6 Å². The van der Waals surface area contributed by atoms with Crippen LogP contribution in [0.1, 0.15) is 30.1 Å². The molecule has 0 aromatic heterocycles. The van der Waals surface area contributed by atoms with E-state index in [1.807, 2.05) is 55.5 Å². The topological polar surface area (TPSA) is 53.6 Å². The summed E-state index contributed by atoms with van der Waals surface area (Å²) < 4.78 is 5.43. The summed E-state index contributed by atoms with van der Waals surface area (Å²) in [5.74, 6) is 0. The van der Waals surface area contributed by atoms with Crippen LogP contribution in [0.2, 0.25) is 0 Å². The minimum absolute atomic E-state index is 0.0454. The fraction of sp³-hybridized carbons (Fsp3) is 0.381. The predicted octanol–water partition coefficient (Wildman–Crippen LogP) is 3.12. The molecular weight excluding hydrogens is 326 g/mol. The first-order valence-corrected chi connectivity index (χ1v) is 9.19. The fourth-order valence-corrected chi connectivity index (χ4v) is 3.18. The maximum atomic E-state index is 12.6. The molecule has 1 fully saturated rings. The maximum Gasteiger partial charge on any atom is 0.315 e. The second kappa shape index (κ2) is 9.36. The van der Waals surface area contributed by atoms with Crippen molar-refractivity contribution in [2.24, 2.45) is 0 Å². The SMILES string of the molecule is C[C@@H](NC(=O)N[C@@H](CN1CCOCC1)c1ccccc1)c1ccccc1. The Balaban J connectivity index is 1.63. The average molecular weight is 353 g/mol. The summed E-state index contributed by atoms with van der Waals surface area (Å²) in [5, 5.41) is 6.19. The van der Waals surface area contributed by atoms with Crippen LogP contribution in [0.5, 0.6) is 0 Å². The van der Waals surface area contributed by atoms with Gasteiger partial charge in [0.1, 0.15) is 0 Å². The van der Waals surface area contributed by atoms with E-state index < -0.39 is 0 Å². The summed E-state index contributed by atoms with van der Waals surface area (Å²) in [5.41, 5.74) is 2.20. The molecule has 2 atom stereocenters. The molecule has 138 valence electrons. The van der Waals surface area contributed by atoms with Gasteiger partial charge in [0.05, 0.1) is 25.3 Å². The minimum Gasteiger partial charge on any atom is -0.379 e. The lowest BCUT2D eigenvalue weighted by Crippen LogP contribution is -2.46. The summed E-state index contributed by atoms with van der Waals surface area (Å²) in [6.07, 6.45) is 0. The third-order valence-electron chi connectivity index (χ3n) is 4.70. The van der Waals surface area contributed by atoms with Crippen molar-refractivity contribution in [3.05, 3.63) is 71.8 Å². The molecule has 5 nitrogen and oxygen atoms in total. The second-order valence-corrected chi connectivity index (χ2v) is 6.63. The molecule has 0 saturated carbocycles. The zero-order valence-corrected chi connectivity index (χ0v) is 15.2. The van der Waals surface area contributed by atoms with E-state index in [0.29, 0.717) is 0 Å². The Kier molecular flexibility index (Phi) is 6.63. The number of hydrogen-bond acceptors (Lipinski definition) is 3. The molecule has 1 aliphatic heterocycles. The van der Waals surface area contributed by atoms with Gasteiger partial charge in [-0.15, -0.1) is 0 Å². The number of hydrogen-bond donors (Lipinski definition) is 2. The van der Waals surface area contributed by atoms with Crippen molar-refractivity contribution in [3.63, 3.8) is 0 Å². The molecule has 0 spiro atoms. The molecule has 26 heavy (non-hydrogen) atoms. The molecule has 0 aliphatic carbocycles. The van der Waals surface area contributed by atoms with Crippen LogP contribution in [-0.4, -0.2) is 43.8 Å². The highest BCUT2D eigenvalue weighted by Gasteiger charge is 2.20. The Bertz CT molecular complexity index is 672. The first-order valence-electron chi connectivity index (χ1n) is 9.19. The maximum absolute atomic E-state index is 12.6. The van der Waals surface area contributed by atoms with Crippen LogP contribution < -0.4 is 10.6 Å². The molecular formula is C21H27N3O2. The summed E-state index contributed by atoms with van der Waals surface area (Å²) in [6.45, 7) is 6.06. The molecule has 0 bridgehead atoms. The van der Waals surface area contributed by atoms with E-state index in [9.17, 15) is 4.79 Å². The smallest absolute Gasteiger partial charge is 0.315 e. The molecule has 1 aliphatic rings. The van der Waals surface area contributed by atoms with E-state index in [4.69, 9.17) is 4.74 Å². The van der Waals surface area contributed by atoms with Gasteiger partial charge in [-0.25, -0.2) is 4.79 Å². The van der Waals surface area contributed by atoms with Gasteiger partial charge in [-0.1, -0.05) is 60.7 Å². The Morgan fingerprint density at radius 3 is 2.15 bits per heavy atom. The van der Waals surface area contributed by atoms with Crippen LogP contribution in [-0.2, 0) is 4.74 Å². The monoisotopic (exact) mass is 353 g/mol. The Labute approximate surface area is 155 Å². The van der Waals surface area contributed by atoms with Crippen molar-refractivity contribution < 1.29 is 9.53 Å². The predicted molar refractivity (Wildman–Crippen MR) is 103 cm³/mol. The van der Waals surface area contributed by atoms with Crippen LogP contribution in [0.25, 0.3) is 0 Å². The van der Waals surface area contributed by atoms with Crippen molar-refractivity contribution in [2.75, 3.05) is 32.8 Å². The first-order chi connectivity index (χ1) is 12.7. The van der Waals surface area contributed by atoms with Gasteiger partial charge in [0.15, 0.2) is 0 Å².